The van der Waals surface area contributed by atoms with Crippen LogP contribution in [0, 0.1) is 5.82 Å². The zero-order valence-electron chi connectivity index (χ0n) is 15.1. The first kappa shape index (κ1) is 18.3. The molecule has 3 rings (SSSR count). The summed E-state index contributed by atoms with van der Waals surface area (Å²) in [7, 11) is 0. The zero-order valence-corrected chi connectivity index (χ0v) is 15.1. The van der Waals surface area contributed by atoms with Crippen molar-refractivity contribution in [3.63, 3.8) is 0 Å². The van der Waals surface area contributed by atoms with Gasteiger partial charge in [-0.15, -0.1) is 0 Å². The Morgan fingerprint density at radius 1 is 1.15 bits per heavy atom. The molecule has 1 aromatic heterocycles. The highest BCUT2D eigenvalue weighted by molar-refractivity contribution is 5.78. The number of aromatic nitrogens is 1. The van der Waals surface area contributed by atoms with Gasteiger partial charge >= 0.3 is 0 Å². The molecule has 0 atom stereocenters. The Hall–Kier alpha value is -2.47. The van der Waals surface area contributed by atoms with Crippen LogP contribution in [-0.2, 0) is 17.8 Å². The average Bonchev–Trinajstić information content (AvgIpc) is 2.67. The first-order valence-electron chi connectivity index (χ1n) is 9.07. The van der Waals surface area contributed by atoms with E-state index in [1.165, 1.54) is 12.1 Å². The largest absolute Gasteiger partial charge is 0.354 e. The SMILES string of the molecule is CCN1CCN(c2ccc(CNC(=O)Cc3cccc(F)c3)cn2)CC1. The summed E-state index contributed by atoms with van der Waals surface area (Å²) in [5.41, 5.74) is 1.62. The maximum Gasteiger partial charge on any atom is 0.224 e. The number of amides is 1. The Balaban J connectivity index is 1.47. The summed E-state index contributed by atoms with van der Waals surface area (Å²) in [6.07, 6.45) is 1.98. The average molecular weight is 356 g/mol. The highest BCUT2D eigenvalue weighted by Crippen LogP contribution is 2.14. The molecule has 138 valence electrons. The van der Waals surface area contributed by atoms with Gasteiger partial charge in [-0.05, 0) is 35.9 Å². The molecule has 1 saturated heterocycles. The normalized spacial score (nSPS) is 15.1. The lowest BCUT2D eigenvalue weighted by atomic mass is 10.1. The van der Waals surface area contributed by atoms with Crippen LogP contribution in [0.3, 0.4) is 0 Å². The van der Waals surface area contributed by atoms with Crippen molar-refractivity contribution in [2.45, 2.75) is 19.9 Å². The number of benzene rings is 1. The van der Waals surface area contributed by atoms with Crippen LogP contribution in [0.4, 0.5) is 10.2 Å². The molecule has 2 heterocycles. The first-order valence-corrected chi connectivity index (χ1v) is 9.07. The first-order chi connectivity index (χ1) is 12.6. The summed E-state index contributed by atoms with van der Waals surface area (Å²) in [6, 6.07) is 10.1. The summed E-state index contributed by atoms with van der Waals surface area (Å²) < 4.78 is 13.2. The summed E-state index contributed by atoms with van der Waals surface area (Å²) in [5.74, 6) is 0.529. The van der Waals surface area contributed by atoms with Crippen molar-refractivity contribution in [1.82, 2.24) is 15.2 Å². The van der Waals surface area contributed by atoms with Gasteiger partial charge in [0.1, 0.15) is 11.6 Å². The number of halogens is 1. The molecule has 0 saturated carbocycles. The number of hydrogen-bond donors (Lipinski definition) is 1. The molecular weight excluding hydrogens is 331 g/mol. The molecule has 6 heteroatoms. The van der Waals surface area contributed by atoms with E-state index < -0.39 is 0 Å². The molecule has 1 aliphatic heterocycles. The molecule has 2 aromatic rings. The minimum atomic E-state index is -0.324. The summed E-state index contributed by atoms with van der Waals surface area (Å²) in [4.78, 5) is 21.3. The molecule has 26 heavy (non-hydrogen) atoms. The molecule has 0 unspecified atom stereocenters. The van der Waals surface area contributed by atoms with E-state index in [-0.39, 0.29) is 18.1 Å². The molecule has 1 fully saturated rings. The highest BCUT2D eigenvalue weighted by Gasteiger charge is 2.16. The molecule has 1 aliphatic rings. The van der Waals surface area contributed by atoms with E-state index in [2.05, 4.69) is 27.0 Å². The van der Waals surface area contributed by atoms with Gasteiger partial charge in [-0.25, -0.2) is 9.37 Å². The van der Waals surface area contributed by atoms with Crippen LogP contribution in [0.15, 0.2) is 42.6 Å². The predicted molar refractivity (Wildman–Crippen MR) is 101 cm³/mol. The van der Waals surface area contributed by atoms with Crippen LogP contribution < -0.4 is 10.2 Å². The number of piperazine rings is 1. The van der Waals surface area contributed by atoms with Crippen LogP contribution in [0.25, 0.3) is 0 Å². The van der Waals surface area contributed by atoms with Gasteiger partial charge in [-0.1, -0.05) is 25.1 Å². The molecular formula is C20H25FN4O. The van der Waals surface area contributed by atoms with Crippen LogP contribution in [0.5, 0.6) is 0 Å². The van der Waals surface area contributed by atoms with E-state index in [0.717, 1.165) is 44.1 Å². The summed E-state index contributed by atoms with van der Waals surface area (Å²) >= 11 is 0. The van der Waals surface area contributed by atoms with Gasteiger partial charge in [-0.3, -0.25) is 4.79 Å². The zero-order chi connectivity index (χ0) is 18.4. The fourth-order valence-electron chi connectivity index (χ4n) is 3.10. The fourth-order valence-corrected chi connectivity index (χ4v) is 3.10. The Bertz CT molecular complexity index is 727. The lowest BCUT2D eigenvalue weighted by Crippen LogP contribution is -2.46. The van der Waals surface area contributed by atoms with E-state index in [9.17, 15) is 9.18 Å². The maximum absolute atomic E-state index is 13.2. The van der Waals surface area contributed by atoms with Crippen molar-refractivity contribution < 1.29 is 9.18 Å². The smallest absolute Gasteiger partial charge is 0.224 e. The van der Waals surface area contributed by atoms with Gasteiger partial charge in [0.15, 0.2) is 0 Å². The number of pyridine rings is 1. The molecule has 1 amide bonds. The second-order valence-electron chi connectivity index (χ2n) is 6.53. The number of nitrogens with one attached hydrogen (secondary N) is 1. The quantitative estimate of drug-likeness (QED) is 0.862. The Kier molecular flexibility index (Phi) is 6.17. The van der Waals surface area contributed by atoms with Gasteiger partial charge in [0.05, 0.1) is 6.42 Å². The minimum Gasteiger partial charge on any atom is -0.354 e. The van der Waals surface area contributed by atoms with E-state index in [4.69, 9.17) is 0 Å². The van der Waals surface area contributed by atoms with E-state index in [1.54, 1.807) is 12.1 Å². The Labute approximate surface area is 153 Å². The van der Waals surface area contributed by atoms with Crippen molar-refractivity contribution in [2.24, 2.45) is 0 Å². The van der Waals surface area contributed by atoms with Crippen molar-refractivity contribution in [2.75, 3.05) is 37.6 Å². The molecule has 0 radical (unpaired) electrons. The van der Waals surface area contributed by atoms with Gasteiger partial charge in [0.2, 0.25) is 5.91 Å². The summed E-state index contributed by atoms with van der Waals surface area (Å²) in [6.45, 7) is 7.81. The number of anilines is 1. The monoisotopic (exact) mass is 356 g/mol. The van der Waals surface area contributed by atoms with Crippen LogP contribution in [0.1, 0.15) is 18.1 Å². The van der Waals surface area contributed by atoms with Crippen molar-refractivity contribution >= 4 is 11.7 Å². The lowest BCUT2D eigenvalue weighted by Gasteiger charge is -2.34. The molecule has 1 N–H and O–H groups in total. The molecule has 5 nitrogen and oxygen atoms in total. The number of carbonyl (C=O) groups excluding carboxylic acids is 1. The molecule has 0 aliphatic carbocycles. The van der Waals surface area contributed by atoms with Crippen LogP contribution in [0.2, 0.25) is 0 Å². The van der Waals surface area contributed by atoms with Crippen LogP contribution >= 0.6 is 0 Å². The highest BCUT2D eigenvalue weighted by atomic mass is 19.1. The van der Waals surface area contributed by atoms with Gasteiger partial charge in [0, 0.05) is 38.9 Å². The van der Waals surface area contributed by atoms with E-state index in [0.29, 0.717) is 12.1 Å². The second-order valence-corrected chi connectivity index (χ2v) is 6.53. The van der Waals surface area contributed by atoms with Crippen molar-refractivity contribution in [3.8, 4) is 0 Å². The summed E-state index contributed by atoms with van der Waals surface area (Å²) in [5, 5.41) is 2.86. The predicted octanol–water partition coefficient (Wildman–Crippen LogP) is 2.22. The Morgan fingerprint density at radius 3 is 2.62 bits per heavy atom. The number of rotatable bonds is 6. The topological polar surface area (TPSA) is 48.5 Å². The fraction of sp³-hybridized carbons (Fsp3) is 0.400. The van der Waals surface area contributed by atoms with Gasteiger partial charge in [-0.2, -0.15) is 0 Å². The molecule has 0 bridgehead atoms. The van der Waals surface area contributed by atoms with E-state index in [1.807, 2.05) is 18.3 Å². The van der Waals surface area contributed by atoms with Crippen molar-refractivity contribution in [3.05, 3.63) is 59.5 Å². The molecule has 0 spiro atoms. The number of nitrogens with zero attached hydrogens (tertiary/aromatic N) is 3. The minimum absolute atomic E-state index is 0.129. The second kappa shape index (κ2) is 8.76. The number of likely N-dealkylation sites (N-methyl/N-ethyl adjacent to an activating group) is 1. The maximum atomic E-state index is 13.2. The van der Waals surface area contributed by atoms with E-state index >= 15 is 0 Å². The van der Waals surface area contributed by atoms with Gasteiger partial charge < -0.3 is 15.1 Å². The standard InChI is InChI=1S/C20H25FN4O/c1-2-24-8-10-25(11-9-24)19-7-6-17(14-22-19)15-23-20(26)13-16-4-3-5-18(21)12-16/h3-7,12,14H,2,8-11,13,15H2,1H3,(H,23,26). The Morgan fingerprint density at radius 2 is 1.96 bits per heavy atom. The van der Waals surface area contributed by atoms with Crippen LogP contribution in [-0.4, -0.2) is 48.5 Å². The van der Waals surface area contributed by atoms with Gasteiger partial charge in [0.25, 0.3) is 0 Å². The lowest BCUT2D eigenvalue weighted by molar-refractivity contribution is -0.120. The third-order valence-corrected chi connectivity index (χ3v) is 4.70. The van der Waals surface area contributed by atoms with Crippen molar-refractivity contribution in [1.29, 1.82) is 0 Å². The third-order valence-electron chi connectivity index (χ3n) is 4.70. The number of carbonyl (C=O) groups is 1. The third kappa shape index (κ3) is 5.02. The molecule has 1 aromatic carbocycles. The number of hydrogen-bond acceptors (Lipinski definition) is 4.